The Kier molecular flexibility index (Phi) is 8.51. The second-order valence-corrected chi connectivity index (χ2v) is 10.9. The molecule has 0 amide bonds. The third-order valence-electron chi connectivity index (χ3n) is 7.63. The number of anilines is 6. The molecule has 0 fully saturated rings. The van der Waals surface area contributed by atoms with Gasteiger partial charge in [-0.25, -0.2) is 0 Å². The maximum atomic E-state index is 5.33. The van der Waals surface area contributed by atoms with E-state index in [0.29, 0.717) is 17.8 Å². The molecule has 7 heteroatoms. The van der Waals surface area contributed by atoms with Gasteiger partial charge in [-0.05, 0) is 81.9 Å². The SMILES string of the molecule is COc1ccc(-c2cccc(Nc3nc(Nc4cccc(-c5ccccc5)c4)nc(Nc4cccc(-c5ccccc5)c4)n3)c2)cc1. The van der Waals surface area contributed by atoms with E-state index in [1.165, 1.54) is 0 Å². The highest BCUT2D eigenvalue weighted by atomic mass is 16.5. The number of rotatable bonds is 10. The molecular formula is C40H32N6O. The summed E-state index contributed by atoms with van der Waals surface area (Å²) in [6.45, 7) is 0. The summed E-state index contributed by atoms with van der Waals surface area (Å²) >= 11 is 0. The fourth-order valence-corrected chi connectivity index (χ4v) is 5.31. The van der Waals surface area contributed by atoms with Crippen LogP contribution in [-0.2, 0) is 0 Å². The summed E-state index contributed by atoms with van der Waals surface area (Å²) in [6, 6.07) is 53.0. The minimum absolute atomic E-state index is 0.398. The zero-order valence-electron chi connectivity index (χ0n) is 25.8. The van der Waals surface area contributed by atoms with Crippen molar-refractivity contribution in [2.45, 2.75) is 0 Å². The van der Waals surface area contributed by atoms with E-state index in [-0.39, 0.29) is 0 Å². The minimum Gasteiger partial charge on any atom is -0.497 e. The highest BCUT2D eigenvalue weighted by molar-refractivity contribution is 5.73. The van der Waals surface area contributed by atoms with E-state index in [1.807, 2.05) is 97.1 Å². The number of benzene rings is 6. The van der Waals surface area contributed by atoms with Crippen LogP contribution in [0, 0.1) is 0 Å². The molecule has 0 atom stereocenters. The smallest absolute Gasteiger partial charge is 0.233 e. The number of hydrogen-bond donors (Lipinski definition) is 3. The Morgan fingerprint density at radius 2 is 0.702 bits per heavy atom. The molecule has 1 aromatic heterocycles. The molecule has 0 aliphatic rings. The van der Waals surface area contributed by atoms with Crippen LogP contribution >= 0.6 is 0 Å². The lowest BCUT2D eigenvalue weighted by molar-refractivity contribution is 0.415. The molecule has 0 saturated carbocycles. The number of hydrogen-bond acceptors (Lipinski definition) is 7. The molecule has 0 saturated heterocycles. The zero-order valence-corrected chi connectivity index (χ0v) is 25.8. The maximum absolute atomic E-state index is 5.33. The van der Waals surface area contributed by atoms with E-state index in [4.69, 9.17) is 19.7 Å². The van der Waals surface area contributed by atoms with Gasteiger partial charge in [-0.2, -0.15) is 15.0 Å². The number of nitrogens with zero attached hydrogens (tertiary/aromatic N) is 3. The van der Waals surface area contributed by atoms with Crippen LogP contribution in [0.5, 0.6) is 5.75 Å². The number of ether oxygens (including phenoxy) is 1. The van der Waals surface area contributed by atoms with Crippen molar-refractivity contribution < 1.29 is 4.74 Å². The number of aromatic nitrogens is 3. The van der Waals surface area contributed by atoms with Crippen molar-refractivity contribution in [3.05, 3.63) is 158 Å². The second-order valence-electron chi connectivity index (χ2n) is 10.9. The van der Waals surface area contributed by atoms with Gasteiger partial charge in [-0.3, -0.25) is 0 Å². The lowest BCUT2D eigenvalue weighted by Gasteiger charge is -2.13. The summed E-state index contributed by atoms with van der Waals surface area (Å²) < 4.78 is 5.33. The van der Waals surface area contributed by atoms with E-state index >= 15 is 0 Å². The van der Waals surface area contributed by atoms with Gasteiger partial charge in [0, 0.05) is 17.1 Å². The molecule has 7 aromatic rings. The molecular weight excluding hydrogens is 580 g/mol. The molecule has 228 valence electrons. The van der Waals surface area contributed by atoms with E-state index < -0.39 is 0 Å². The normalized spacial score (nSPS) is 10.7. The van der Waals surface area contributed by atoms with Crippen LogP contribution in [0.4, 0.5) is 34.9 Å². The molecule has 47 heavy (non-hydrogen) atoms. The Morgan fingerprint density at radius 1 is 0.362 bits per heavy atom. The predicted molar refractivity (Wildman–Crippen MR) is 192 cm³/mol. The largest absolute Gasteiger partial charge is 0.497 e. The van der Waals surface area contributed by atoms with Crippen LogP contribution in [0.1, 0.15) is 0 Å². The van der Waals surface area contributed by atoms with Gasteiger partial charge in [0.2, 0.25) is 17.8 Å². The van der Waals surface area contributed by atoms with Gasteiger partial charge in [-0.15, -0.1) is 0 Å². The lowest BCUT2D eigenvalue weighted by atomic mass is 10.1. The Bertz CT molecular complexity index is 2000. The molecule has 7 rings (SSSR count). The first-order valence-corrected chi connectivity index (χ1v) is 15.3. The highest BCUT2D eigenvalue weighted by Gasteiger charge is 2.11. The van der Waals surface area contributed by atoms with Gasteiger partial charge in [0.15, 0.2) is 0 Å². The first kappa shape index (κ1) is 29.3. The standard InChI is InChI=1S/C40H32N6O/c1-47-37-23-21-30(22-24-37)33-17-10-20-36(27-33)43-40-45-38(41-34-18-8-15-31(25-34)28-11-4-2-5-12-28)44-39(46-40)42-35-19-9-16-32(26-35)29-13-6-3-7-14-29/h2-27H,1H3,(H3,41,42,43,44,45,46). The third-order valence-corrected chi connectivity index (χ3v) is 7.63. The molecule has 7 nitrogen and oxygen atoms in total. The number of methoxy groups -OCH3 is 1. The van der Waals surface area contributed by atoms with Crippen LogP contribution in [0.3, 0.4) is 0 Å². The van der Waals surface area contributed by atoms with E-state index in [2.05, 4.69) is 76.6 Å². The van der Waals surface area contributed by atoms with Gasteiger partial charge in [0.25, 0.3) is 0 Å². The summed E-state index contributed by atoms with van der Waals surface area (Å²) in [7, 11) is 1.67. The summed E-state index contributed by atoms with van der Waals surface area (Å²) in [5, 5.41) is 10.2. The Hall–Kier alpha value is -6.47. The topological polar surface area (TPSA) is 84.0 Å². The van der Waals surface area contributed by atoms with Crippen molar-refractivity contribution in [2.75, 3.05) is 23.1 Å². The first-order valence-electron chi connectivity index (χ1n) is 15.3. The Morgan fingerprint density at radius 3 is 1.06 bits per heavy atom. The summed E-state index contributed by atoms with van der Waals surface area (Å²) in [5.74, 6) is 2.02. The van der Waals surface area contributed by atoms with E-state index in [9.17, 15) is 0 Å². The van der Waals surface area contributed by atoms with Gasteiger partial charge in [-0.1, -0.05) is 109 Å². The molecule has 0 bridgehead atoms. The number of nitrogens with one attached hydrogen (secondary N) is 3. The summed E-state index contributed by atoms with van der Waals surface area (Å²) in [4.78, 5) is 14.3. The monoisotopic (exact) mass is 612 g/mol. The fraction of sp³-hybridized carbons (Fsp3) is 0.0250. The highest BCUT2D eigenvalue weighted by Crippen LogP contribution is 2.29. The quantitative estimate of drug-likeness (QED) is 0.142. The van der Waals surface area contributed by atoms with Crippen LogP contribution in [0.15, 0.2) is 158 Å². The fourth-order valence-electron chi connectivity index (χ4n) is 5.31. The zero-order chi connectivity index (χ0) is 31.8. The Labute approximate surface area is 274 Å². The van der Waals surface area contributed by atoms with E-state index in [1.54, 1.807) is 7.11 Å². The lowest BCUT2D eigenvalue weighted by Crippen LogP contribution is -2.07. The molecule has 6 aromatic carbocycles. The maximum Gasteiger partial charge on any atom is 0.233 e. The van der Waals surface area contributed by atoms with Gasteiger partial charge in [0.1, 0.15) is 5.75 Å². The van der Waals surface area contributed by atoms with Crippen molar-refractivity contribution in [2.24, 2.45) is 0 Å². The van der Waals surface area contributed by atoms with Crippen LogP contribution in [0.2, 0.25) is 0 Å². The first-order chi connectivity index (χ1) is 23.2. The molecule has 0 spiro atoms. The van der Waals surface area contributed by atoms with Gasteiger partial charge >= 0.3 is 0 Å². The van der Waals surface area contributed by atoms with Crippen LogP contribution in [-0.4, -0.2) is 22.1 Å². The molecule has 1 heterocycles. The molecule has 0 radical (unpaired) electrons. The van der Waals surface area contributed by atoms with Crippen molar-refractivity contribution in [3.8, 4) is 39.1 Å². The molecule has 0 unspecified atom stereocenters. The average Bonchev–Trinajstić information content (AvgIpc) is 3.13. The molecule has 0 aliphatic carbocycles. The minimum atomic E-state index is 0.398. The van der Waals surface area contributed by atoms with Gasteiger partial charge in [0.05, 0.1) is 7.11 Å². The van der Waals surface area contributed by atoms with E-state index in [0.717, 1.165) is 56.2 Å². The summed E-state index contributed by atoms with van der Waals surface area (Å²) in [6.07, 6.45) is 0. The van der Waals surface area contributed by atoms with Gasteiger partial charge < -0.3 is 20.7 Å². The van der Waals surface area contributed by atoms with Crippen molar-refractivity contribution >= 4 is 34.9 Å². The van der Waals surface area contributed by atoms with Crippen molar-refractivity contribution in [1.29, 1.82) is 0 Å². The Balaban J connectivity index is 1.20. The third kappa shape index (κ3) is 7.27. The summed E-state index contributed by atoms with van der Waals surface area (Å²) in [5.41, 5.74) is 9.15. The molecule has 3 N–H and O–H groups in total. The molecule has 0 aliphatic heterocycles. The van der Waals surface area contributed by atoms with Crippen LogP contribution < -0.4 is 20.7 Å². The van der Waals surface area contributed by atoms with Crippen LogP contribution in [0.25, 0.3) is 33.4 Å². The average molecular weight is 613 g/mol. The van der Waals surface area contributed by atoms with Crippen molar-refractivity contribution in [3.63, 3.8) is 0 Å². The predicted octanol–water partition coefficient (Wildman–Crippen LogP) is 10.1. The van der Waals surface area contributed by atoms with Crippen molar-refractivity contribution in [1.82, 2.24) is 15.0 Å². The second kappa shape index (κ2) is 13.7.